The van der Waals surface area contributed by atoms with Crippen molar-refractivity contribution in [3.8, 4) is 33.4 Å². The lowest BCUT2D eigenvalue weighted by Crippen LogP contribution is -2.61. The van der Waals surface area contributed by atoms with Gasteiger partial charge in [0.2, 0.25) is 0 Å². The predicted octanol–water partition coefficient (Wildman–Crippen LogP) is 18.7. The number of nitrogens with one attached hydrogen (secondary N) is 1. The number of rotatable bonds is 6. The Balaban J connectivity index is 1.09. The van der Waals surface area contributed by atoms with Gasteiger partial charge in [-0.3, -0.25) is 0 Å². The molecule has 80 heavy (non-hydrogen) atoms. The summed E-state index contributed by atoms with van der Waals surface area (Å²) in [5.41, 5.74) is 29.3. The summed E-state index contributed by atoms with van der Waals surface area (Å²) in [6, 6.07) is 83.9. The van der Waals surface area contributed by atoms with Crippen LogP contribution in [-0.4, -0.2) is 6.85 Å². The maximum Gasteiger partial charge on any atom is 0.333 e. The number of anilines is 7. The predicted molar refractivity (Wildman–Crippen MR) is 341 cm³/mol. The van der Waals surface area contributed by atoms with Crippen LogP contribution in [0.2, 0.25) is 0 Å². The highest BCUT2D eigenvalue weighted by molar-refractivity contribution is 6.93. The van der Waals surface area contributed by atoms with E-state index in [2.05, 4.69) is 310 Å². The molecule has 10 aromatic rings. The lowest BCUT2D eigenvalue weighted by molar-refractivity contribution is 0.590. The van der Waals surface area contributed by atoms with E-state index in [1.54, 1.807) is 0 Å². The average molecular weight is 1040 g/mol. The van der Waals surface area contributed by atoms with Gasteiger partial charge in [0.25, 0.3) is 0 Å². The van der Waals surface area contributed by atoms with Gasteiger partial charge in [-0.2, -0.15) is 0 Å². The second kappa shape index (κ2) is 17.6. The molecule has 0 amide bonds. The molecule has 10 aromatic carbocycles. The van der Waals surface area contributed by atoms with Crippen LogP contribution in [0, 0.1) is 0 Å². The smallest absolute Gasteiger partial charge is 0.333 e. The van der Waals surface area contributed by atoms with E-state index in [-0.39, 0.29) is 28.5 Å². The van der Waals surface area contributed by atoms with Gasteiger partial charge in [0.15, 0.2) is 0 Å². The van der Waals surface area contributed by atoms with Crippen LogP contribution in [0.3, 0.4) is 0 Å². The zero-order valence-electron chi connectivity index (χ0n) is 48.3. The van der Waals surface area contributed by atoms with Crippen molar-refractivity contribution in [1.29, 1.82) is 0 Å². The van der Waals surface area contributed by atoms with Gasteiger partial charge >= 0.3 is 6.85 Å². The van der Waals surface area contributed by atoms with Crippen LogP contribution in [0.4, 0.5) is 39.8 Å². The van der Waals surface area contributed by atoms with Crippen molar-refractivity contribution in [2.45, 2.75) is 103 Å². The molecule has 0 radical (unpaired) electrons. The Labute approximate surface area is 475 Å². The molecular formula is C76H70BN3. The van der Waals surface area contributed by atoms with Crippen LogP contribution >= 0.6 is 0 Å². The van der Waals surface area contributed by atoms with Crippen LogP contribution < -0.4 is 26.0 Å². The Hall–Kier alpha value is -8.34. The van der Waals surface area contributed by atoms with E-state index in [1.165, 1.54) is 100 Å². The Kier molecular flexibility index (Phi) is 11.0. The average Bonchev–Trinajstić information content (AvgIpc) is 4.08. The van der Waals surface area contributed by atoms with E-state index in [9.17, 15) is 0 Å². The summed E-state index contributed by atoms with van der Waals surface area (Å²) in [6.07, 6.45) is 0. The molecule has 2 aliphatic carbocycles. The first kappa shape index (κ1) is 49.9. The van der Waals surface area contributed by atoms with Gasteiger partial charge in [0.05, 0.1) is 5.41 Å². The minimum atomic E-state index is -0.621. The van der Waals surface area contributed by atoms with Crippen LogP contribution in [0.1, 0.15) is 126 Å². The number of para-hydroxylation sites is 1. The minimum absolute atomic E-state index is 0.0164. The van der Waals surface area contributed by atoms with E-state index in [4.69, 9.17) is 0 Å². The Morgan fingerprint density at radius 3 is 1.46 bits per heavy atom. The third kappa shape index (κ3) is 7.33. The second-order valence-corrected chi connectivity index (χ2v) is 26.6. The molecule has 2 aliphatic heterocycles. The molecule has 3 nitrogen and oxygen atoms in total. The van der Waals surface area contributed by atoms with Crippen LogP contribution in [-0.2, 0) is 27.1 Å². The summed E-state index contributed by atoms with van der Waals surface area (Å²) >= 11 is 0. The van der Waals surface area contributed by atoms with Gasteiger partial charge in [-0.1, -0.05) is 240 Å². The lowest BCUT2D eigenvalue weighted by Gasteiger charge is -2.45. The molecule has 0 fully saturated rings. The third-order valence-electron chi connectivity index (χ3n) is 18.4. The first-order valence-electron chi connectivity index (χ1n) is 28.9. The topological polar surface area (TPSA) is 18.5 Å². The first-order chi connectivity index (χ1) is 38.3. The molecule has 2 heterocycles. The molecule has 4 aliphatic rings. The van der Waals surface area contributed by atoms with Crippen LogP contribution in [0.5, 0.6) is 0 Å². The molecule has 0 atom stereocenters. The highest BCUT2D eigenvalue weighted by atomic mass is 15.2. The SMILES string of the molecule is CC(C)(C)c1ccc(N2B3c4cccc(C5(c6ccccc6)c6ccccc6-c6ccccc65)c4Nc4cc5c(c(c43)-c3ccc(N(c4ccc(C(C)(C)C)cc4)c4ccc(C(C)(C)C)cc4)cc32)-c2ccccc2C5(C)C)cc1. The van der Waals surface area contributed by atoms with E-state index < -0.39 is 5.41 Å². The zero-order chi connectivity index (χ0) is 55.3. The minimum Gasteiger partial charge on any atom is -0.376 e. The standard InChI is InChI=1S/C76H70BN3/c1-72(2,3)48-32-38-52(39-33-48)79(53-40-34-49(35-41-53)73(4,5)6)55-44-45-59-67(46-55)80(54-42-36-50(37-43-54)74(7,8)9)77-65-31-21-30-63(71(65)78-66-47-64-68(69(59)70(66)77)58-26-17-18-27-60(58)75(64,10)11)76(51-22-13-12-14-23-51)61-28-19-15-24-56(61)57-25-16-20-29-62(57)76/h12-47,78H,1-11H3. The van der Waals surface area contributed by atoms with Gasteiger partial charge in [0.1, 0.15) is 0 Å². The molecule has 0 aromatic heterocycles. The van der Waals surface area contributed by atoms with Gasteiger partial charge in [-0.05, 0) is 160 Å². The summed E-state index contributed by atoms with van der Waals surface area (Å²) < 4.78 is 0. The molecule has 0 unspecified atom stereocenters. The Bertz CT molecular complexity index is 4010. The number of nitrogens with zero attached hydrogens (tertiary/aromatic N) is 2. The normalized spacial score (nSPS) is 14.9. The molecule has 1 N–H and O–H groups in total. The summed E-state index contributed by atoms with van der Waals surface area (Å²) in [4.78, 5) is 5.18. The summed E-state index contributed by atoms with van der Waals surface area (Å²) in [6.45, 7) is 25.4. The van der Waals surface area contributed by atoms with E-state index in [1.807, 2.05) is 0 Å². The van der Waals surface area contributed by atoms with Crippen molar-refractivity contribution in [3.63, 3.8) is 0 Å². The summed E-state index contributed by atoms with van der Waals surface area (Å²) in [5, 5.41) is 4.38. The quantitative estimate of drug-likeness (QED) is 0.167. The van der Waals surface area contributed by atoms with Crippen LogP contribution in [0.15, 0.2) is 218 Å². The van der Waals surface area contributed by atoms with Gasteiger partial charge < -0.3 is 15.0 Å². The van der Waals surface area contributed by atoms with Gasteiger partial charge in [-0.15, -0.1) is 0 Å². The molecule has 4 heteroatoms. The van der Waals surface area contributed by atoms with Crippen molar-refractivity contribution in [1.82, 2.24) is 0 Å². The molecule has 14 rings (SSSR count). The molecule has 392 valence electrons. The maximum absolute atomic E-state index is 4.38. The fourth-order valence-electron chi connectivity index (χ4n) is 14.3. The monoisotopic (exact) mass is 1040 g/mol. The Morgan fingerprint density at radius 2 is 0.900 bits per heavy atom. The number of hydrogen-bond acceptors (Lipinski definition) is 3. The molecule has 0 saturated carbocycles. The second-order valence-electron chi connectivity index (χ2n) is 26.6. The fraction of sp³-hybridized carbons (Fsp3) is 0.211. The molecule has 0 saturated heterocycles. The fourth-order valence-corrected chi connectivity index (χ4v) is 14.3. The third-order valence-corrected chi connectivity index (χ3v) is 18.4. The van der Waals surface area contributed by atoms with E-state index in [0.717, 1.165) is 34.1 Å². The molecule has 0 bridgehead atoms. The Morgan fingerprint density at radius 1 is 0.412 bits per heavy atom. The van der Waals surface area contributed by atoms with Gasteiger partial charge in [-0.25, -0.2) is 0 Å². The van der Waals surface area contributed by atoms with Crippen molar-refractivity contribution in [2.24, 2.45) is 0 Å². The van der Waals surface area contributed by atoms with E-state index in [0.29, 0.717) is 0 Å². The zero-order valence-corrected chi connectivity index (χ0v) is 48.3. The molecule has 0 spiro atoms. The largest absolute Gasteiger partial charge is 0.376 e. The summed E-state index contributed by atoms with van der Waals surface area (Å²) in [5.74, 6) is 0. The number of hydrogen-bond donors (Lipinski definition) is 1. The van der Waals surface area contributed by atoms with Crippen molar-refractivity contribution >= 4 is 57.6 Å². The maximum atomic E-state index is 4.38. The van der Waals surface area contributed by atoms with E-state index >= 15 is 0 Å². The van der Waals surface area contributed by atoms with Gasteiger partial charge in [0, 0.05) is 50.8 Å². The first-order valence-corrected chi connectivity index (χ1v) is 28.9. The highest BCUT2D eigenvalue weighted by Crippen LogP contribution is 2.60. The number of benzene rings is 10. The summed E-state index contributed by atoms with van der Waals surface area (Å²) in [7, 11) is 0. The van der Waals surface area contributed by atoms with Crippen molar-refractivity contribution in [2.75, 3.05) is 15.0 Å². The van der Waals surface area contributed by atoms with Crippen molar-refractivity contribution in [3.05, 3.63) is 268 Å². The molecular weight excluding hydrogens is 966 g/mol. The highest BCUT2D eigenvalue weighted by Gasteiger charge is 2.52. The van der Waals surface area contributed by atoms with Crippen molar-refractivity contribution < 1.29 is 0 Å². The van der Waals surface area contributed by atoms with Crippen LogP contribution in [0.25, 0.3) is 33.4 Å². The number of fused-ring (bicyclic) bond motifs is 11. The lowest BCUT2D eigenvalue weighted by atomic mass is 9.42.